The summed E-state index contributed by atoms with van der Waals surface area (Å²) in [5, 5.41) is 6.56. The molecule has 1 unspecified atom stereocenters. The van der Waals surface area contributed by atoms with Crippen LogP contribution in [0.4, 0.5) is 11.8 Å². The fourth-order valence-corrected chi connectivity index (χ4v) is 2.16. The molecule has 112 valence electrons. The van der Waals surface area contributed by atoms with Crippen molar-refractivity contribution < 1.29 is 4.74 Å². The van der Waals surface area contributed by atoms with Gasteiger partial charge in [-0.05, 0) is 46.0 Å². The summed E-state index contributed by atoms with van der Waals surface area (Å²) in [4.78, 5) is 10.8. The molecule has 1 aromatic heterocycles. The summed E-state index contributed by atoms with van der Waals surface area (Å²) in [5.41, 5.74) is 0. The Morgan fingerprint density at radius 1 is 1.40 bits per heavy atom. The third-order valence-electron chi connectivity index (χ3n) is 3.26. The van der Waals surface area contributed by atoms with E-state index in [9.17, 15) is 0 Å². The van der Waals surface area contributed by atoms with E-state index < -0.39 is 0 Å². The van der Waals surface area contributed by atoms with Gasteiger partial charge in [-0.2, -0.15) is 4.98 Å². The van der Waals surface area contributed by atoms with Crippen molar-refractivity contribution in [3.05, 3.63) is 12.3 Å². The average molecular weight is 279 g/mol. The van der Waals surface area contributed by atoms with E-state index in [1.54, 1.807) is 6.20 Å². The minimum Gasteiger partial charge on any atom is -0.376 e. The second-order valence-corrected chi connectivity index (χ2v) is 5.37. The van der Waals surface area contributed by atoms with Crippen molar-refractivity contribution >= 4 is 11.8 Å². The second-order valence-electron chi connectivity index (χ2n) is 5.37. The molecule has 1 aromatic rings. The van der Waals surface area contributed by atoms with Gasteiger partial charge in [-0.15, -0.1) is 0 Å². The van der Waals surface area contributed by atoms with Crippen LogP contribution in [0, 0.1) is 0 Å². The van der Waals surface area contributed by atoms with Gasteiger partial charge in [-0.3, -0.25) is 0 Å². The van der Waals surface area contributed by atoms with E-state index >= 15 is 0 Å². The fourth-order valence-electron chi connectivity index (χ4n) is 2.16. The van der Waals surface area contributed by atoms with Crippen molar-refractivity contribution in [2.45, 2.75) is 25.4 Å². The molecule has 1 aliphatic heterocycles. The van der Waals surface area contributed by atoms with Crippen molar-refractivity contribution in [2.24, 2.45) is 0 Å². The number of hydrogen-bond acceptors (Lipinski definition) is 6. The SMILES string of the molecule is CN(C)CCCNc1nccc(NCC2CCCO2)n1. The number of aromatic nitrogens is 2. The first-order valence-electron chi connectivity index (χ1n) is 7.31. The Labute approximate surface area is 120 Å². The highest BCUT2D eigenvalue weighted by Crippen LogP contribution is 2.13. The van der Waals surface area contributed by atoms with E-state index in [0.717, 1.165) is 51.3 Å². The summed E-state index contributed by atoms with van der Waals surface area (Å²) < 4.78 is 5.58. The molecule has 0 radical (unpaired) electrons. The lowest BCUT2D eigenvalue weighted by atomic mass is 10.2. The van der Waals surface area contributed by atoms with Crippen molar-refractivity contribution in [3.8, 4) is 0 Å². The molecule has 1 atom stereocenters. The normalized spacial score (nSPS) is 18.4. The standard InChI is InChI=1S/C14H25N5O/c1-19(2)9-4-7-15-14-16-8-6-13(18-14)17-11-12-5-3-10-20-12/h6,8,12H,3-5,7,9-11H2,1-2H3,(H2,15,16,17,18). The Hall–Kier alpha value is -1.40. The number of ether oxygens (including phenoxy) is 1. The first kappa shape index (κ1) is 15.0. The van der Waals surface area contributed by atoms with Crippen LogP contribution in [-0.2, 0) is 4.74 Å². The zero-order chi connectivity index (χ0) is 14.2. The second kappa shape index (κ2) is 8.01. The largest absolute Gasteiger partial charge is 0.376 e. The molecule has 1 fully saturated rings. The first-order chi connectivity index (χ1) is 9.74. The Balaban J connectivity index is 1.72. The zero-order valence-corrected chi connectivity index (χ0v) is 12.4. The third-order valence-corrected chi connectivity index (χ3v) is 3.26. The maximum absolute atomic E-state index is 5.58. The Kier molecular flexibility index (Phi) is 6.01. The quantitative estimate of drug-likeness (QED) is 0.702. The van der Waals surface area contributed by atoms with Crippen LogP contribution < -0.4 is 10.6 Å². The van der Waals surface area contributed by atoms with Crippen LogP contribution in [0.2, 0.25) is 0 Å². The number of hydrogen-bond donors (Lipinski definition) is 2. The van der Waals surface area contributed by atoms with Crippen LogP contribution in [0.3, 0.4) is 0 Å². The molecule has 0 aromatic carbocycles. The van der Waals surface area contributed by atoms with E-state index in [1.807, 2.05) is 6.07 Å². The molecular weight excluding hydrogens is 254 g/mol. The van der Waals surface area contributed by atoms with Gasteiger partial charge >= 0.3 is 0 Å². The van der Waals surface area contributed by atoms with Crippen LogP contribution in [0.5, 0.6) is 0 Å². The van der Waals surface area contributed by atoms with Gasteiger partial charge in [-0.1, -0.05) is 0 Å². The van der Waals surface area contributed by atoms with E-state index in [2.05, 4.69) is 39.6 Å². The zero-order valence-electron chi connectivity index (χ0n) is 12.4. The van der Waals surface area contributed by atoms with Crippen molar-refractivity contribution in [1.82, 2.24) is 14.9 Å². The Morgan fingerprint density at radius 3 is 3.05 bits per heavy atom. The van der Waals surface area contributed by atoms with E-state index in [0.29, 0.717) is 12.1 Å². The van der Waals surface area contributed by atoms with Gasteiger partial charge in [0.1, 0.15) is 5.82 Å². The summed E-state index contributed by atoms with van der Waals surface area (Å²) in [6.07, 6.45) is 5.47. The lowest BCUT2D eigenvalue weighted by Gasteiger charge is -2.12. The maximum atomic E-state index is 5.58. The molecule has 0 spiro atoms. The van der Waals surface area contributed by atoms with Gasteiger partial charge in [0, 0.05) is 25.9 Å². The summed E-state index contributed by atoms with van der Waals surface area (Å²) in [5.74, 6) is 1.53. The van der Waals surface area contributed by atoms with Crippen molar-refractivity contribution in [3.63, 3.8) is 0 Å². The lowest BCUT2D eigenvalue weighted by molar-refractivity contribution is 0.120. The average Bonchev–Trinajstić information content (AvgIpc) is 2.95. The van der Waals surface area contributed by atoms with Crippen LogP contribution >= 0.6 is 0 Å². The number of anilines is 2. The van der Waals surface area contributed by atoms with Crippen LogP contribution in [0.15, 0.2) is 12.3 Å². The third kappa shape index (κ3) is 5.30. The number of nitrogens with zero attached hydrogens (tertiary/aromatic N) is 3. The maximum Gasteiger partial charge on any atom is 0.224 e. The molecule has 2 N–H and O–H groups in total. The first-order valence-corrected chi connectivity index (χ1v) is 7.31. The molecule has 1 saturated heterocycles. The summed E-state index contributed by atoms with van der Waals surface area (Å²) in [7, 11) is 4.15. The van der Waals surface area contributed by atoms with E-state index in [4.69, 9.17) is 4.74 Å². The smallest absolute Gasteiger partial charge is 0.224 e. The van der Waals surface area contributed by atoms with Crippen molar-refractivity contribution in [2.75, 3.05) is 51.0 Å². The molecule has 0 amide bonds. The highest BCUT2D eigenvalue weighted by molar-refractivity contribution is 5.39. The minimum absolute atomic E-state index is 0.321. The molecule has 6 nitrogen and oxygen atoms in total. The topological polar surface area (TPSA) is 62.3 Å². The number of nitrogens with one attached hydrogen (secondary N) is 2. The summed E-state index contributed by atoms with van der Waals surface area (Å²) in [6.45, 7) is 3.64. The van der Waals surface area contributed by atoms with Crippen molar-refractivity contribution in [1.29, 1.82) is 0 Å². The number of rotatable bonds is 8. The summed E-state index contributed by atoms with van der Waals surface area (Å²) in [6, 6.07) is 1.89. The lowest BCUT2D eigenvalue weighted by Crippen LogP contribution is -2.19. The predicted molar refractivity (Wildman–Crippen MR) is 81.2 cm³/mol. The molecule has 6 heteroatoms. The molecule has 20 heavy (non-hydrogen) atoms. The molecule has 0 bridgehead atoms. The molecular formula is C14H25N5O. The van der Waals surface area contributed by atoms with Gasteiger partial charge in [-0.25, -0.2) is 4.98 Å². The summed E-state index contributed by atoms with van der Waals surface area (Å²) >= 11 is 0. The molecule has 0 saturated carbocycles. The Morgan fingerprint density at radius 2 is 2.30 bits per heavy atom. The monoisotopic (exact) mass is 279 g/mol. The van der Waals surface area contributed by atoms with Gasteiger partial charge in [0.2, 0.25) is 5.95 Å². The highest BCUT2D eigenvalue weighted by Gasteiger charge is 2.14. The highest BCUT2D eigenvalue weighted by atomic mass is 16.5. The van der Waals surface area contributed by atoms with E-state index in [-0.39, 0.29) is 0 Å². The molecule has 2 heterocycles. The molecule has 2 rings (SSSR count). The fraction of sp³-hybridized carbons (Fsp3) is 0.714. The van der Waals surface area contributed by atoms with Crippen LogP contribution in [0.25, 0.3) is 0 Å². The van der Waals surface area contributed by atoms with Crippen LogP contribution in [0.1, 0.15) is 19.3 Å². The van der Waals surface area contributed by atoms with Gasteiger partial charge < -0.3 is 20.3 Å². The van der Waals surface area contributed by atoms with E-state index in [1.165, 1.54) is 0 Å². The predicted octanol–water partition coefficient (Wildman–Crippen LogP) is 1.43. The minimum atomic E-state index is 0.321. The van der Waals surface area contributed by atoms with Gasteiger partial charge in [0.15, 0.2) is 0 Å². The van der Waals surface area contributed by atoms with Gasteiger partial charge in [0.05, 0.1) is 6.10 Å². The molecule has 1 aliphatic rings. The Bertz CT molecular complexity index is 393. The van der Waals surface area contributed by atoms with Crippen LogP contribution in [-0.4, -0.2) is 61.3 Å². The molecule has 0 aliphatic carbocycles. The van der Waals surface area contributed by atoms with Gasteiger partial charge in [0.25, 0.3) is 0 Å².